The minimum Gasteiger partial charge on any atom is -0.303 e. The van der Waals surface area contributed by atoms with Crippen LogP contribution >= 0.6 is 0 Å². The minimum atomic E-state index is 0.315. The van der Waals surface area contributed by atoms with Crippen LogP contribution in [0.1, 0.15) is 29.8 Å². The molecule has 3 aromatic heterocycles. The zero-order chi connectivity index (χ0) is 14.8. The van der Waals surface area contributed by atoms with Gasteiger partial charge in [-0.2, -0.15) is 0 Å². The molecule has 0 spiro atoms. The van der Waals surface area contributed by atoms with Crippen LogP contribution in [-0.4, -0.2) is 26.3 Å². The molecule has 0 aliphatic heterocycles. The Morgan fingerprint density at radius 1 is 1.29 bits per heavy atom. The normalized spacial score (nSPS) is 13.0. The number of rotatable bonds is 4. The number of aryl methyl sites for hydroxylation is 1. The highest BCUT2D eigenvalue weighted by Crippen LogP contribution is 2.20. The van der Waals surface area contributed by atoms with Crippen molar-refractivity contribution in [2.45, 2.75) is 26.4 Å². The third-order valence-electron chi connectivity index (χ3n) is 3.98. The van der Waals surface area contributed by atoms with Crippen molar-refractivity contribution >= 4 is 5.65 Å². The van der Waals surface area contributed by atoms with Gasteiger partial charge in [0.1, 0.15) is 5.65 Å². The van der Waals surface area contributed by atoms with Gasteiger partial charge >= 0.3 is 0 Å². The molecule has 0 aliphatic rings. The molecule has 0 N–H and O–H groups in total. The highest BCUT2D eigenvalue weighted by Gasteiger charge is 2.14. The molecule has 21 heavy (non-hydrogen) atoms. The van der Waals surface area contributed by atoms with Crippen LogP contribution < -0.4 is 0 Å². The predicted molar refractivity (Wildman–Crippen MR) is 84.0 cm³/mol. The molecule has 0 amide bonds. The van der Waals surface area contributed by atoms with Gasteiger partial charge in [0.15, 0.2) is 0 Å². The van der Waals surface area contributed by atoms with Crippen molar-refractivity contribution in [3.05, 3.63) is 65.9 Å². The van der Waals surface area contributed by atoms with E-state index in [1.54, 1.807) is 0 Å². The van der Waals surface area contributed by atoms with Crippen LogP contribution in [0.3, 0.4) is 0 Å². The molecule has 0 aromatic carbocycles. The molecule has 1 unspecified atom stereocenters. The molecule has 0 fully saturated rings. The fraction of sp³-hybridized carbons (Fsp3) is 0.294. The predicted octanol–water partition coefficient (Wildman–Crippen LogP) is 3.23. The molecule has 0 radical (unpaired) electrons. The van der Waals surface area contributed by atoms with E-state index in [0.717, 1.165) is 12.2 Å². The largest absolute Gasteiger partial charge is 0.303 e. The number of hydrogen-bond acceptors (Lipinski definition) is 3. The summed E-state index contributed by atoms with van der Waals surface area (Å²) in [5.41, 5.74) is 4.66. The fourth-order valence-electron chi connectivity index (χ4n) is 2.52. The third kappa shape index (κ3) is 2.81. The maximum atomic E-state index is 4.49. The number of aromatic nitrogens is 3. The summed E-state index contributed by atoms with van der Waals surface area (Å²) in [6.07, 6.45) is 7.79. The molecule has 1 atom stereocenters. The number of hydrogen-bond donors (Lipinski definition) is 0. The van der Waals surface area contributed by atoms with Crippen molar-refractivity contribution in [1.82, 2.24) is 19.3 Å². The van der Waals surface area contributed by atoms with E-state index in [-0.39, 0.29) is 0 Å². The molecule has 0 bridgehead atoms. The van der Waals surface area contributed by atoms with E-state index in [9.17, 15) is 0 Å². The summed E-state index contributed by atoms with van der Waals surface area (Å²) in [6, 6.07) is 8.63. The van der Waals surface area contributed by atoms with Crippen molar-refractivity contribution < 1.29 is 0 Å². The lowest BCUT2D eigenvalue weighted by atomic mass is 10.1. The van der Waals surface area contributed by atoms with Gasteiger partial charge in [-0.1, -0.05) is 6.07 Å². The molecule has 108 valence electrons. The summed E-state index contributed by atoms with van der Waals surface area (Å²) in [5.74, 6) is 0. The Kier molecular flexibility index (Phi) is 3.71. The van der Waals surface area contributed by atoms with Crippen molar-refractivity contribution in [1.29, 1.82) is 0 Å². The van der Waals surface area contributed by atoms with E-state index in [0.29, 0.717) is 6.04 Å². The number of imidazole rings is 1. The second kappa shape index (κ2) is 5.66. The molecular weight excluding hydrogens is 260 g/mol. The van der Waals surface area contributed by atoms with Gasteiger partial charge in [0.2, 0.25) is 0 Å². The number of pyridine rings is 2. The standard InChI is InChI=1S/C17H20N4/c1-13-6-8-21-16(11-19-17(21)9-13)12-20(3)14(2)15-5-4-7-18-10-15/h4-11,14H,12H2,1-3H3. The molecular formula is C17H20N4. The molecule has 0 aliphatic carbocycles. The van der Waals surface area contributed by atoms with Gasteiger partial charge in [0.05, 0.1) is 11.9 Å². The first-order valence-corrected chi connectivity index (χ1v) is 7.18. The molecule has 3 heterocycles. The summed E-state index contributed by atoms with van der Waals surface area (Å²) in [4.78, 5) is 11.0. The van der Waals surface area contributed by atoms with E-state index in [4.69, 9.17) is 0 Å². The summed E-state index contributed by atoms with van der Waals surface area (Å²) in [6.45, 7) is 5.13. The van der Waals surface area contributed by atoms with Crippen LogP contribution in [0.4, 0.5) is 0 Å². The van der Waals surface area contributed by atoms with Crippen LogP contribution in [0.5, 0.6) is 0 Å². The first kappa shape index (κ1) is 13.8. The zero-order valence-electron chi connectivity index (χ0n) is 12.7. The molecule has 3 aromatic rings. The average Bonchev–Trinajstić information content (AvgIpc) is 2.89. The van der Waals surface area contributed by atoms with E-state index in [1.807, 2.05) is 24.7 Å². The smallest absolute Gasteiger partial charge is 0.137 e. The first-order chi connectivity index (χ1) is 10.1. The molecule has 0 saturated carbocycles. The van der Waals surface area contributed by atoms with Crippen LogP contribution in [0.2, 0.25) is 0 Å². The highest BCUT2D eigenvalue weighted by molar-refractivity contribution is 5.42. The maximum absolute atomic E-state index is 4.49. The molecule has 4 nitrogen and oxygen atoms in total. The maximum Gasteiger partial charge on any atom is 0.137 e. The zero-order valence-corrected chi connectivity index (χ0v) is 12.7. The average molecular weight is 280 g/mol. The number of fused-ring (bicyclic) bond motifs is 1. The SMILES string of the molecule is Cc1ccn2c(CN(C)C(C)c3cccnc3)cnc2c1. The van der Waals surface area contributed by atoms with Crippen molar-refractivity contribution in [2.75, 3.05) is 7.05 Å². The Bertz CT molecular complexity index is 733. The Morgan fingerprint density at radius 3 is 2.90 bits per heavy atom. The lowest BCUT2D eigenvalue weighted by molar-refractivity contribution is 0.249. The van der Waals surface area contributed by atoms with Crippen molar-refractivity contribution in [2.24, 2.45) is 0 Å². The van der Waals surface area contributed by atoms with Gasteiger partial charge in [-0.15, -0.1) is 0 Å². The molecule has 3 rings (SSSR count). The van der Waals surface area contributed by atoms with Gasteiger partial charge in [-0.25, -0.2) is 4.98 Å². The monoisotopic (exact) mass is 280 g/mol. The van der Waals surface area contributed by atoms with Crippen LogP contribution in [-0.2, 0) is 6.54 Å². The summed E-state index contributed by atoms with van der Waals surface area (Å²) >= 11 is 0. The highest BCUT2D eigenvalue weighted by atomic mass is 15.1. The Hall–Kier alpha value is -2.20. The van der Waals surface area contributed by atoms with Gasteiger partial charge in [0, 0.05) is 31.2 Å². The van der Waals surface area contributed by atoms with E-state index < -0.39 is 0 Å². The van der Waals surface area contributed by atoms with E-state index >= 15 is 0 Å². The topological polar surface area (TPSA) is 33.4 Å². The van der Waals surface area contributed by atoms with Gasteiger partial charge in [-0.3, -0.25) is 9.88 Å². The summed E-state index contributed by atoms with van der Waals surface area (Å²) in [5, 5.41) is 0. The van der Waals surface area contributed by atoms with Gasteiger partial charge in [0.25, 0.3) is 0 Å². The third-order valence-corrected chi connectivity index (χ3v) is 3.98. The number of nitrogens with zero attached hydrogens (tertiary/aromatic N) is 4. The Balaban J connectivity index is 1.81. The van der Waals surface area contributed by atoms with Crippen molar-refractivity contribution in [3.8, 4) is 0 Å². The second-order valence-corrected chi connectivity index (χ2v) is 5.56. The van der Waals surface area contributed by atoms with E-state index in [1.165, 1.54) is 16.8 Å². The van der Waals surface area contributed by atoms with Crippen molar-refractivity contribution in [3.63, 3.8) is 0 Å². The van der Waals surface area contributed by atoms with Crippen LogP contribution in [0.25, 0.3) is 5.65 Å². The minimum absolute atomic E-state index is 0.315. The Labute approximate surface area is 125 Å². The summed E-state index contributed by atoms with van der Waals surface area (Å²) in [7, 11) is 2.13. The molecule has 4 heteroatoms. The second-order valence-electron chi connectivity index (χ2n) is 5.56. The Morgan fingerprint density at radius 2 is 2.14 bits per heavy atom. The first-order valence-electron chi connectivity index (χ1n) is 7.18. The molecule has 0 saturated heterocycles. The van der Waals surface area contributed by atoms with Gasteiger partial charge in [-0.05, 0) is 50.2 Å². The van der Waals surface area contributed by atoms with E-state index in [2.05, 4.69) is 64.6 Å². The van der Waals surface area contributed by atoms with Gasteiger partial charge < -0.3 is 4.40 Å². The lowest BCUT2D eigenvalue weighted by Gasteiger charge is -2.24. The lowest BCUT2D eigenvalue weighted by Crippen LogP contribution is -2.22. The fourth-order valence-corrected chi connectivity index (χ4v) is 2.52. The van der Waals surface area contributed by atoms with Crippen LogP contribution in [0, 0.1) is 6.92 Å². The quantitative estimate of drug-likeness (QED) is 0.735. The summed E-state index contributed by atoms with van der Waals surface area (Å²) < 4.78 is 2.15. The van der Waals surface area contributed by atoms with Crippen LogP contribution in [0.15, 0.2) is 49.1 Å².